The van der Waals surface area contributed by atoms with E-state index < -0.39 is 18.0 Å². The summed E-state index contributed by atoms with van der Waals surface area (Å²) in [6, 6.07) is 5.72. The third kappa shape index (κ3) is 7.10. The van der Waals surface area contributed by atoms with Gasteiger partial charge in [0.25, 0.3) is 0 Å². The normalized spacial score (nSPS) is 13.0. The number of anilines is 1. The molecule has 1 aromatic rings. The molecule has 3 nitrogen and oxygen atoms in total. The maximum absolute atomic E-state index is 12.3. The van der Waals surface area contributed by atoms with Gasteiger partial charge in [-0.1, -0.05) is 12.1 Å². The molecule has 1 atom stereocenters. The van der Waals surface area contributed by atoms with Crippen LogP contribution in [0, 0.1) is 0 Å². The van der Waals surface area contributed by atoms with Crippen LogP contribution in [-0.2, 0) is 4.79 Å². The van der Waals surface area contributed by atoms with Crippen LogP contribution >= 0.6 is 23.5 Å². The zero-order valence-corrected chi connectivity index (χ0v) is 13.1. The first-order chi connectivity index (χ1) is 9.83. The molecule has 0 heterocycles. The lowest BCUT2D eigenvalue weighted by molar-refractivity contribution is -0.117. The molecular weight excluding hydrogens is 321 g/mol. The zero-order chi connectivity index (χ0) is 15.9. The summed E-state index contributed by atoms with van der Waals surface area (Å²) in [6.07, 6.45) is -1.82. The van der Waals surface area contributed by atoms with Gasteiger partial charge in [0, 0.05) is 4.90 Å². The Morgan fingerprint density at radius 3 is 2.67 bits per heavy atom. The van der Waals surface area contributed by atoms with Gasteiger partial charge in [-0.2, -0.15) is 24.9 Å². The van der Waals surface area contributed by atoms with Crippen molar-refractivity contribution in [2.24, 2.45) is 5.73 Å². The number of amides is 1. The third-order valence-electron chi connectivity index (χ3n) is 2.51. The van der Waals surface area contributed by atoms with E-state index in [0.29, 0.717) is 28.8 Å². The number of benzene rings is 1. The molecule has 21 heavy (non-hydrogen) atoms. The van der Waals surface area contributed by atoms with E-state index in [2.05, 4.69) is 5.32 Å². The molecule has 118 valence electrons. The molecule has 1 rings (SSSR count). The number of halogens is 3. The van der Waals surface area contributed by atoms with Crippen LogP contribution in [0.2, 0.25) is 0 Å². The Kier molecular flexibility index (Phi) is 7.41. The molecule has 3 N–H and O–H groups in total. The van der Waals surface area contributed by atoms with Crippen LogP contribution in [0.25, 0.3) is 0 Å². The lowest BCUT2D eigenvalue weighted by Gasteiger charge is -2.15. The van der Waals surface area contributed by atoms with E-state index in [1.165, 1.54) is 0 Å². The Morgan fingerprint density at radius 1 is 1.38 bits per heavy atom. The van der Waals surface area contributed by atoms with Crippen LogP contribution in [0.5, 0.6) is 0 Å². The van der Waals surface area contributed by atoms with Gasteiger partial charge in [0.1, 0.15) is 0 Å². The molecule has 0 aliphatic rings. The molecule has 0 aliphatic carbocycles. The zero-order valence-electron chi connectivity index (χ0n) is 11.4. The van der Waals surface area contributed by atoms with Crippen molar-refractivity contribution in [2.45, 2.75) is 23.5 Å². The minimum Gasteiger partial charge on any atom is -0.324 e. The molecule has 0 aliphatic heterocycles. The van der Waals surface area contributed by atoms with Gasteiger partial charge in [-0.05, 0) is 30.6 Å². The van der Waals surface area contributed by atoms with E-state index >= 15 is 0 Å². The van der Waals surface area contributed by atoms with Crippen LogP contribution in [0.15, 0.2) is 29.2 Å². The summed E-state index contributed by atoms with van der Waals surface area (Å²) in [7, 11) is 0. The molecule has 1 amide bonds. The molecule has 0 spiro atoms. The van der Waals surface area contributed by atoms with E-state index in [-0.39, 0.29) is 5.91 Å². The minimum absolute atomic E-state index is 0.358. The smallest absolute Gasteiger partial charge is 0.324 e. The van der Waals surface area contributed by atoms with Gasteiger partial charge >= 0.3 is 6.18 Å². The maximum Gasteiger partial charge on any atom is 0.398 e. The standard InChI is InChI=1S/C13H17F3N2OS2/c1-20-7-6-9(17)12(19)18-10-4-2-3-5-11(10)21-8-13(14,15)16/h2-5,9H,6-8,17H2,1H3,(H,18,19)/t9-/m0/s1. The molecule has 0 bridgehead atoms. The van der Waals surface area contributed by atoms with Gasteiger partial charge in [-0.3, -0.25) is 4.79 Å². The van der Waals surface area contributed by atoms with Gasteiger partial charge in [0.2, 0.25) is 5.91 Å². The first kappa shape index (κ1) is 18.2. The van der Waals surface area contributed by atoms with E-state index in [9.17, 15) is 18.0 Å². The van der Waals surface area contributed by atoms with Gasteiger partial charge in [0.15, 0.2) is 0 Å². The number of alkyl halides is 3. The average molecular weight is 338 g/mol. The summed E-state index contributed by atoms with van der Waals surface area (Å²) in [5, 5.41) is 2.59. The second-order valence-corrected chi connectivity index (χ2v) is 6.28. The quantitative estimate of drug-likeness (QED) is 0.749. The van der Waals surface area contributed by atoms with Crippen molar-refractivity contribution in [1.82, 2.24) is 0 Å². The molecule has 0 saturated heterocycles. The Morgan fingerprint density at radius 2 is 2.05 bits per heavy atom. The van der Waals surface area contributed by atoms with Crippen molar-refractivity contribution in [3.63, 3.8) is 0 Å². The van der Waals surface area contributed by atoms with Gasteiger partial charge < -0.3 is 11.1 Å². The summed E-state index contributed by atoms with van der Waals surface area (Å²) in [6.45, 7) is 0. The molecule has 8 heteroatoms. The second-order valence-electron chi connectivity index (χ2n) is 4.28. The number of carbonyl (C=O) groups excluding carboxylic acids is 1. The van der Waals surface area contributed by atoms with Crippen molar-refractivity contribution in [2.75, 3.05) is 23.1 Å². The predicted molar refractivity (Wildman–Crippen MR) is 82.8 cm³/mol. The first-order valence-electron chi connectivity index (χ1n) is 6.17. The predicted octanol–water partition coefficient (Wildman–Crippen LogP) is 3.36. The van der Waals surface area contributed by atoms with Gasteiger partial charge in [-0.25, -0.2) is 0 Å². The highest BCUT2D eigenvalue weighted by atomic mass is 32.2. The van der Waals surface area contributed by atoms with E-state index in [4.69, 9.17) is 5.73 Å². The molecule has 0 fully saturated rings. The Balaban J connectivity index is 2.68. The van der Waals surface area contributed by atoms with Crippen LogP contribution in [0.4, 0.5) is 18.9 Å². The SMILES string of the molecule is CSCC[C@H](N)C(=O)Nc1ccccc1SCC(F)(F)F. The van der Waals surface area contributed by atoms with Crippen LogP contribution < -0.4 is 11.1 Å². The molecule has 0 aromatic heterocycles. The molecule has 0 radical (unpaired) electrons. The fraction of sp³-hybridized carbons (Fsp3) is 0.462. The van der Waals surface area contributed by atoms with Crippen molar-refractivity contribution in [3.8, 4) is 0 Å². The summed E-state index contributed by atoms with van der Waals surface area (Å²) in [5.74, 6) is -0.638. The third-order valence-corrected chi connectivity index (χ3v) is 4.29. The number of para-hydroxylation sites is 1. The van der Waals surface area contributed by atoms with Crippen molar-refractivity contribution in [1.29, 1.82) is 0 Å². The summed E-state index contributed by atoms with van der Waals surface area (Å²) >= 11 is 2.22. The second kappa shape index (κ2) is 8.55. The first-order valence-corrected chi connectivity index (χ1v) is 8.55. The van der Waals surface area contributed by atoms with E-state index in [1.54, 1.807) is 36.0 Å². The van der Waals surface area contributed by atoms with Crippen molar-refractivity contribution in [3.05, 3.63) is 24.3 Å². The number of nitrogens with one attached hydrogen (secondary N) is 1. The summed E-state index contributed by atoms with van der Waals surface area (Å²) in [5.41, 5.74) is 6.09. The maximum atomic E-state index is 12.3. The highest BCUT2D eigenvalue weighted by Gasteiger charge is 2.27. The Hall–Kier alpha value is -0.860. The summed E-state index contributed by atoms with van der Waals surface area (Å²) in [4.78, 5) is 12.3. The minimum atomic E-state index is -4.25. The van der Waals surface area contributed by atoms with Crippen molar-refractivity contribution < 1.29 is 18.0 Å². The highest BCUT2D eigenvalue weighted by molar-refractivity contribution is 7.99. The van der Waals surface area contributed by atoms with Crippen LogP contribution in [0.1, 0.15) is 6.42 Å². The summed E-state index contributed by atoms with van der Waals surface area (Å²) < 4.78 is 36.8. The topological polar surface area (TPSA) is 55.1 Å². The Bertz CT molecular complexity index is 469. The Labute approximate surface area is 130 Å². The monoisotopic (exact) mass is 338 g/mol. The number of carbonyl (C=O) groups is 1. The molecule has 0 saturated carbocycles. The van der Waals surface area contributed by atoms with E-state index in [1.807, 2.05) is 6.26 Å². The van der Waals surface area contributed by atoms with Gasteiger partial charge in [0.05, 0.1) is 17.5 Å². The fourth-order valence-corrected chi connectivity index (χ4v) is 2.71. The number of hydrogen-bond acceptors (Lipinski definition) is 4. The van der Waals surface area contributed by atoms with Crippen LogP contribution in [-0.4, -0.2) is 35.9 Å². The van der Waals surface area contributed by atoms with Crippen molar-refractivity contribution >= 4 is 35.1 Å². The highest BCUT2D eigenvalue weighted by Crippen LogP contribution is 2.32. The lowest BCUT2D eigenvalue weighted by Crippen LogP contribution is -2.36. The number of rotatable bonds is 7. The molecule has 0 unspecified atom stereocenters. The lowest BCUT2D eigenvalue weighted by atomic mass is 10.2. The van der Waals surface area contributed by atoms with E-state index in [0.717, 1.165) is 5.75 Å². The molecular formula is C13H17F3N2OS2. The largest absolute Gasteiger partial charge is 0.398 e. The number of hydrogen-bond donors (Lipinski definition) is 2. The van der Waals surface area contributed by atoms with Crippen LogP contribution in [0.3, 0.4) is 0 Å². The average Bonchev–Trinajstić information content (AvgIpc) is 2.42. The molecule has 1 aromatic carbocycles. The van der Waals surface area contributed by atoms with Gasteiger partial charge in [-0.15, -0.1) is 11.8 Å². The number of thioether (sulfide) groups is 2. The fourth-order valence-electron chi connectivity index (χ4n) is 1.46. The number of nitrogens with two attached hydrogens (primary N) is 1.